The molecule has 1 saturated heterocycles. The highest BCUT2D eigenvalue weighted by molar-refractivity contribution is 7.14. The number of carbonyl (C=O) groups excluding carboxylic acids is 3. The number of thiazole rings is 1. The van der Waals surface area contributed by atoms with Gasteiger partial charge in [0.25, 0.3) is 5.91 Å². The van der Waals surface area contributed by atoms with Crippen LogP contribution in [-0.4, -0.2) is 39.8 Å². The summed E-state index contributed by atoms with van der Waals surface area (Å²) in [5.41, 5.74) is -0.292. The Balaban J connectivity index is 1.67. The summed E-state index contributed by atoms with van der Waals surface area (Å²) in [5.74, 6) is -3.02. The first-order chi connectivity index (χ1) is 12.7. The van der Waals surface area contributed by atoms with E-state index < -0.39 is 41.6 Å². The van der Waals surface area contributed by atoms with Crippen LogP contribution in [0.1, 0.15) is 20.3 Å². The van der Waals surface area contributed by atoms with Crippen LogP contribution in [-0.2, 0) is 9.59 Å². The van der Waals surface area contributed by atoms with Crippen molar-refractivity contribution in [3.8, 4) is 11.3 Å². The summed E-state index contributed by atoms with van der Waals surface area (Å²) in [4.78, 5) is 41.4. The van der Waals surface area contributed by atoms with Gasteiger partial charge in [-0.05, 0) is 31.5 Å². The third-order valence-corrected chi connectivity index (χ3v) is 5.08. The van der Waals surface area contributed by atoms with E-state index in [0.29, 0.717) is 17.7 Å². The number of nitrogens with one attached hydrogen (secondary N) is 2. The molecule has 1 aliphatic heterocycles. The molecule has 0 spiro atoms. The zero-order chi connectivity index (χ0) is 19.8. The highest BCUT2D eigenvalue weighted by atomic mass is 32.1. The summed E-state index contributed by atoms with van der Waals surface area (Å²) >= 11 is 1.08. The predicted octanol–water partition coefficient (Wildman–Crippen LogP) is 2.75. The van der Waals surface area contributed by atoms with Gasteiger partial charge in [0.1, 0.15) is 12.1 Å². The first-order valence-electron chi connectivity index (χ1n) is 8.08. The largest absolute Gasteiger partial charge is 0.325 e. The minimum atomic E-state index is -1.02. The maximum Gasteiger partial charge on any atom is 0.325 e. The summed E-state index contributed by atoms with van der Waals surface area (Å²) in [6.07, 6.45) is 0.403. The van der Waals surface area contributed by atoms with Gasteiger partial charge >= 0.3 is 6.03 Å². The third kappa shape index (κ3) is 3.65. The van der Waals surface area contributed by atoms with Crippen LogP contribution in [0.3, 0.4) is 0 Å². The van der Waals surface area contributed by atoms with Gasteiger partial charge in [0, 0.05) is 10.9 Å². The van der Waals surface area contributed by atoms with Crippen molar-refractivity contribution in [3.63, 3.8) is 0 Å². The molecule has 2 aromatic rings. The quantitative estimate of drug-likeness (QED) is 0.763. The molecular formula is C17H16F2N4O3S. The van der Waals surface area contributed by atoms with Crippen molar-refractivity contribution in [1.29, 1.82) is 0 Å². The summed E-state index contributed by atoms with van der Waals surface area (Å²) in [6.45, 7) is 2.91. The number of carbonyl (C=O) groups is 3. The van der Waals surface area contributed by atoms with E-state index in [0.717, 1.165) is 28.4 Å². The highest BCUT2D eigenvalue weighted by Crippen LogP contribution is 2.26. The van der Waals surface area contributed by atoms with Crippen LogP contribution in [0, 0.1) is 11.6 Å². The van der Waals surface area contributed by atoms with E-state index in [2.05, 4.69) is 15.6 Å². The lowest BCUT2D eigenvalue weighted by Crippen LogP contribution is -2.44. The molecule has 1 fully saturated rings. The molecule has 1 aliphatic rings. The van der Waals surface area contributed by atoms with Crippen LogP contribution in [0.4, 0.5) is 18.7 Å². The molecule has 1 atom stereocenters. The van der Waals surface area contributed by atoms with Crippen LogP contribution in [0.2, 0.25) is 0 Å². The maximum absolute atomic E-state index is 13.3. The second-order valence-electron chi connectivity index (χ2n) is 6.22. The van der Waals surface area contributed by atoms with E-state index in [1.165, 1.54) is 6.07 Å². The van der Waals surface area contributed by atoms with Crippen molar-refractivity contribution in [1.82, 2.24) is 15.2 Å². The summed E-state index contributed by atoms with van der Waals surface area (Å²) in [7, 11) is 0. The normalized spacial score (nSPS) is 19.3. The number of imide groups is 1. The average molecular weight is 394 g/mol. The molecule has 0 saturated carbocycles. The number of halogens is 2. The zero-order valence-electron chi connectivity index (χ0n) is 14.5. The van der Waals surface area contributed by atoms with Crippen molar-refractivity contribution in [2.24, 2.45) is 0 Å². The molecule has 1 aromatic heterocycles. The molecule has 0 aliphatic carbocycles. The molecule has 2 heterocycles. The lowest BCUT2D eigenvalue weighted by Gasteiger charge is -2.18. The maximum atomic E-state index is 13.3. The fourth-order valence-electron chi connectivity index (χ4n) is 2.55. The second kappa shape index (κ2) is 7.03. The number of hydrogen-bond donors (Lipinski definition) is 2. The van der Waals surface area contributed by atoms with Gasteiger partial charge in [0.2, 0.25) is 5.91 Å². The monoisotopic (exact) mass is 394 g/mol. The van der Waals surface area contributed by atoms with Crippen LogP contribution in [0.25, 0.3) is 11.3 Å². The Labute approximate surface area is 157 Å². The second-order valence-corrected chi connectivity index (χ2v) is 7.08. The molecule has 27 heavy (non-hydrogen) atoms. The Kier molecular flexibility index (Phi) is 4.92. The molecule has 0 bridgehead atoms. The zero-order valence-corrected chi connectivity index (χ0v) is 15.3. The van der Waals surface area contributed by atoms with Crippen LogP contribution >= 0.6 is 11.3 Å². The third-order valence-electron chi connectivity index (χ3n) is 4.32. The fourth-order valence-corrected chi connectivity index (χ4v) is 3.29. The minimum Gasteiger partial charge on any atom is -0.323 e. The number of urea groups is 1. The van der Waals surface area contributed by atoms with E-state index in [-0.39, 0.29) is 5.13 Å². The van der Waals surface area contributed by atoms with E-state index in [1.807, 2.05) is 0 Å². The number of rotatable bonds is 5. The van der Waals surface area contributed by atoms with Crippen molar-refractivity contribution < 1.29 is 23.2 Å². The molecule has 4 amide bonds. The molecule has 142 valence electrons. The lowest BCUT2D eigenvalue weighted by atomic mass is 9.99. The Morgan fingerprint density at radius 1 is 1.33 bits per heavy atom. The van der Waals surface area contributed by atoms with E-state index in [9.17, 15) is 23.2 Å². The van der Waals surface area contributed by atoms with E-state index in [1.54, 1.807) is 19.2 Å². The predicted molar refractivity (Wildman–Crippen MR) is 95.0 cm³/mol. The standard InChI is InChI=1S/C17H16F2N4O3S/c1-3-17(2)14(25)23(16(26)22-17)7-13(24)21-15-20-12(8-27-15)9-4-5-10(18)11(19)6-9/h4-6,8H,3,7H2,1-2H3,(H,22,26)(H,20,21,24). The lowest BCUT2D eigenvalue weighted by molar-refractivity contribution is -0.133. The molecular weight excluding hydrogens is 378 g/mol. The molecule has 2 N–H and O–H groups in total. The van der Waals surface area contributed by atoms with Crippen LogP contribution < -0.4 is 10.6 Å². The number of amides is 4. The Bertz CT molecular complexity index is 933. The summed E-state index contributed by atoms with van der Waals surface area (Å²) in [6, 6.07) is 2.75. The molecule has 0 radical (unpaired) electrons. The number of hydrogen-bond acceptors (Lipinski definition) is 5. The molecule has 1 unspecified atom stereocenters. The van der Waals surface area contributed by atoms with Gasteiger partial charge in [0.15, 0.2) is 16.8 Å². The number of benzene rings is 1. The fraction of sp³-hybridized carbons (Fsp3) is 0.294. The van der Waals surface area contributed by atoms with Gasteiger partial charge in [-0.2, -0.15) is 0 Å². The van der Waals surface area contributed by atoms with Gasteiger partial charge in [-0.3, -0.25) is 14.5 Å². The van der Waals surface area contributed by atoms with Crippen molar-refractivity contribution in [3.05, 3.63) is 35.2 Å². The topological polar surface area (TPSA) is 91.4 Å². The Hall–Kier alpha value is -2.88. The summed E-state index contributed by atoms with van der Waals surface area (Å²) < 4.78 is 26.3. The molecule has 10 heteroatoms. The van der Waals surface area contributed by atoms with Crippen molar-refractivity contribution >= 4 is 34.3 Å². The molecule has 7 nitrogen and oxygen atoms in total. The van der Waals surface area contributed by atoms with Gasteiger partial charge in [-0.15, -0.1) is 11.3 Å². The summed E-state index contributed by atoms with van der Waals surface area (Å²) in [5, 5.41) is 6.85. The Morgan fingerprint density at radius 3 is 2.70 bits per heavy atom. The molecule has 3 rings (SSSR count). The highest BCUT2D eigenvalue weighted by Gasteiger charge is 2.47. The van der Waals surface area contributed by atoms with Gasteiger partial charge in [0.05, 0.1) is 5.69 Å². The molecule has 1 aromatic carbocycles. The van der Waals surface area contributed by atoms with Gasteiger partial charge in [-0.25, -0.2) is 18.6 Å². The average Bonchev–Trinajstić information content (AvgIpc) is 3.16. The Morgan fingerprint density at radius 2 is 2.07 bits per heavy atom. The number of aromatic nitrogens is 1. The van der Waals surface area contributed by atoms with Crippen molar-refractivity contribution in [2.45, 2.75) is 25.8 Å². The van der Waals surface area contributed by atoms with Crippen molar-refractivity contribution in [2.75, 3.05) is 11.9 Å². The first kappa shape index (κ1) is 18.9. The minimum absolute atomic E-state index is 0.213. The SMILES string of the molecule is CCC1(C)NC(=O)N(CC(=O)Nc2nc(-c3ccc(F)c(F)c3)cs2)C1=O. The van der Waals surface area contributed by atoms with Crippen LogP contribution in [0.15, 0.2) is 23.6 Å². The first-order valence-corrected chi connectivity index (χ1v) is 8.96. The van der Waals surface area contributed by atoms with E-state index >= 15 is 0 Å². The number of anilines is 1. The van der Waals surface area contributed by atoms with Crippen LogP contribution in [0.5, 0.6) is 0 Å². The number of nitrogens with zero attached hydrogens (tertiary/aromatic N) is 2. The smallest absolute Gasteiger partial charge is 0.323 e. The van der Waals surface area contributed by atoms with Gasteiger partial charge in [-0.1, -0.05) is 6.92 Å². The van der Waals surface area contributed by atoms with E-state index in [4.69, 9.17) is 0 Å². The van der Waals surface area contributed by atoms with Gasteiger partial charge < -0.3 is 10.6 Å².